The summed E-state index contributed by atoms with van der Waals surface area (Å²) in [7, 11) is 0. The fourth-order valence-electron chi connectivity index (χ4n) is 0.870. The van der Waals surface area contributed by atoms with Crippen LogP contribution in [0, 0.1) is 0 Å². The Morgan fingerprint density at radius 3 is 2.36 bits per heavy atom. The molecule has 1 heterocycles. The van der Waals surface area contributed by atoms with Gasteiger partial charge in [0.25, 0.3) is 0 Å². The predicted molar refractivity (Wildman–Crippen MR) is 39.2 cm³/mol. The van der Waals surface area contributed by atoms with Crippen molar-refractivity contribution in [1.82, 2.24) is 9.78 Å². The van der Waals surface area contributed by atoms with Gasteiger partial charge < -0.3 is 5.11 Å². The van der Waals surface area contributed by atoms with Gasteiger partial charge in [-0.2, -0.15) is 18.3 Å². The van der Waals surface area contributed by atoms with Crippen LogP contribution >= 0.6 is 0 Å². The molecule has 0 bridgehead atoms. The molecule has 0 saturated carbocycles. The minimum absolute atomic E-state index is 0.826. The van der Waals surface area contributed by atoms with Crippen molar-refractivity contribution in [1.29, 1.82) is 0 Å². The SMILES string of the molecule is OC(CF)(Cn1cccn1)C(F)(F)F. The third-order valence-corrected chi connectivity index (χ3v) is 1.73. The average Bonchev–Trinajstić information content (AvgIpc) is 2.54. The van der Waals surface area contributed by atoms with E-state index in [0.29, 0.717) is 0 Å². The van der Waals surface area contributed by atoms with Crippen molar-refractivity contribution >= 4 is 0 Å². The molecule has 1 unspecified atom stereocenters. The number of nitrogens with zero attached hydrogens (tertiary/aromatic N) is 2. The number of halogens is 4. The Morgan fingerprint density at radius 2 is 2.00 bits per heavy atom. The smallest absolute Gasteiger partial charge is 0.377 e. The van der Waals surface area contributed by atoms with Gasteiger partial charge in [0.15, 0.2) is 0 Å². The third kappa shape index (κ3) is 2.03. The minimum atomic E-state index is -5.01. The Bertz CT molecular complexity index is 284. The van der Waals surface area contributed by atoms with Crippen molar-refractivity contribution in [3.8, 4) is 0 Å². The van der Waals surface area contributed by atoms with Crippen LogP contribution in [0.25, 0.3) is 0 Å². The van der Waals surface area contributed by atoms with Gasteiger partial charge in [-0.15, -0.1) is 0 Å². The molecule has 0 spiro atoms. The highest BCUT2D eigenvalue weighted by molar-refractivity contribution is 4.88. The van der Waals surface area contributed by atoms with Gasteiger partial charge >= 0.3 is 6.18 Å². The van der Waals surface area contributed by atoms with E-state index < -0.39 is 25.0 Å². The molecule has 0 aliphatic carbocycles. The van der Waals surface area contributed by atoms with Gasteiger partial charge in [0, 0.05) is 12.4 Å². The summed E-state index contributed by atoms with van der Waals surface area (Å²) < 4.78 is 49.4. The molecule has 0 aliphatic heterocycles. The lowest BCUT2D eigenvalue weighted by Crippen LogP contribution is -2.50. The van der Waals surface area contributed by atoms with Crippen molar-refractivity contribution in [3.63, 3.8) is 0 Å². The minimum Gasteiger partial charge on any atom is -0.377 e. The van der Waals surface area contributed by atoms with Crippen molar-refractivity contribution in [2.45, 2.75) is 18.3 Å². The Hall–Kier alpha value is -1.11. The third-order valence-electron chi connectivity index (χ3n) is 1.73. The van der Waals surface area contributed by atoms with E-state index in [-0.39, 0.29) is 0 Å². The van der Waals surface area contributed by atoms with Crippen LogP contribution in [-0.4, -0.2) is 33.3 Å². The van der Waals surface area contributed by atoms with Crippen molar-refractivity contribution in [3.05, 3.63) is 18.5 Å². The standard InChI is InChI=1S/C7H8F4N2O/c8-4-6(14,7(9,10)11)5-13-3-1-2-12-13/h1-3,14H,4-5H2. The van der Waals surface area contributed by atoms with Gasteiger partial charge in [-0.25, -0.2) is 4.39 Å². The lowest BCUT2D eigenvalue weighted by molar-refractivity contribution is -0.270. The lowest BCUT2D eigenvalue weighted by atomic mass is 10.1. The van der Waals surface area contributed by atoms with Crippen LogP contribution in [0.2, 0.25) is 0 Å². The number of aliphatic hydroxyl groups is 1. The molecule has 7 heteroatoms. The van der Waals surface area contributed by atoms with Crippen LogP contribution in [0.5, 0.6) is 0 Å². The largest absolute Gasteiger partial charge is 0.421 e. The molecule has 14 heavy (non-hydrogen) atoms. The number of rotatable bonds is 3. The highest BCUT2D eigenvalue weighted by atomic mass is 19.4. The Labute approximate surface area is 77.0 Å². The Morgan fingerprint density at radius 1 is 1.36 bits per heavy atom. The zero-order valence-electron chi connectivity index (χ0n) is 7.00. The van der Waals surface area contributed by atoms with E-state index in [1.165, 1.54) is 18.5 Å². The summed E-state index contributed by atoms with van der Waals surface area (Å²) in [5, 5.41) is 12.4. The maximum atomic E-state index is 12.2. The number of aromatic nitrogens is 2. The van der Waals surface area contributed by atoms with E-state index in [2.05, 4.69) is 5.10 Å². The molecule has 0 saturated heterocycles. The van der Waals surface area contributed by atoms with Crippen LogP contribution in [-0.2, 0) is 6.54 Å². The first kappa shape index (κ1) is 11.0. The molecular weight excluding hydrogens is 204 g/mol. The molecule has 0 fully saturated rings. The van der Waals surface area contributed by atoms with Gasteiger partial charge in [-0.05, 0) is 6.07 Å². The fraction of sp³-hybridized carbons (Fsp3) is 0.571. The van der Waals surface area contributed by atoms with E-state index in [1.807, 2.05) is 0 Å². The van der Waals surface area contributed by atoms with Crippen LogP contribution in [0.3, 0.4) is 0 Å². The van der Waals surface area contributed by atoms with Crippen LogP contribution < -0.4 is 0 Å². The van der Waals surface area contributed by atoms with Crippen molar-refractivity contribution in [2.24, 2.45) is 0 Å². The van der Waals surface area contributed by atoms with Gasteiger partial charge in [-0.3, -0.25) is 4.68 Å². The monoisotopic (exact) mass is 212 g/mol. The van der Waals surface area contributed by atoms with Crippen LogP contribution in [0.1, 0.15) is 0 Å². The first-order chi connectivity index (χ1) is 6.39. The summed E-state index contributed by atoms with van der Waals surface area (Å²) in [6, 6.07) is 1.38. The molecule has 0 aromatic carbocycles. The van der Waals surface area contributed by atoms with Crippen molar-refractivity contribution in [2.75, 3.05) is 6.67 Å². The van der Waals surface area contributed by atoms with E-state index in [0.717, 1.165) is 4.68 Å². The highest BCUT2D eigenvalue weighted by Gasteiger charge is 2.54. The van der Waals surface area contributed by atoms with Gasteiger partial charge in [0.1, 0.15) is 6.67 Å². The van der Waals surface area contributed by atoms with E-state index in [9.17, 15) is 17.6 Å². The van der Waals surface area contributed by atoms with Crippen LogP contribution in [0.15, 0.2) is 18.5 Å². The highest BCUT2D eigenvalue weighted by Crippen LogP contribution is 2.31. The number of hydrogen-bond donors (Lipinski definition) is 1. The molecule has 1 rings (SSSR count). The quantitative estimate of drug-likeness (QED) is 0.763. The van der Waals surface area contributed by atoms with Crippen LogP contribution in [0.4, 0.5) is 17.6 Å². The van der Waals surface area contributed by atoms with Gasteiger partial charge in [-0.1, -0.05) is 0 Å². The normalized spacial score (nSPS) is 16.6. The zero-order valence-corrected chi connectivity index (χ0v) is 7.00. The number of hydrogen-bond acceptors (Lipinski definition) is 2. The van der Waals surface area contributed by atoms with Crippen molar-refractivity contribution < 1.29 is 22.7 Å². The molecule has 3 nitrogen and oxygen atoms in total. The molecular formula is C7H8F4N2O. The van der Waals surface area contributed by atoms with E-state index in [1.54, 1.807) is 0 Å². The second-order valence-corrected chi connectivity index (χ2v) is 2.87. The molecule has 80 valence electrons. The maximum Gasteiger partial charge on any atom is 0.421 e. The molecule has 1 atom stereocenters. The first-order valence-electron chi connectivity index (χ1n) is 3.71. The summed E-state index contributed by atoms with van der Waals surface area (Å²) >= 11 is 0. The molecule has 0 aliphatic rings. The number of alkyl halides is 4. The fourth-order valence-corrected chi connectivity index (χ4v) is 0.870. The average molecular weight is 212 g/mol. The summed E-state index contributed by atoms with van der Waals surface area (Å²) in [6.45, 7) is -2.84. The second kappa shape index (κ2) is 3.56. The predicted octanol–water partition coefficient (Wildman–Crippen LogP) is 1.15. The molecule has 0 amide bonds. The van der Waals surface area contributed by atoms with E-state index >= 15 is 0 Å². The topological polar surface area (TPSA) is 38.0 Å². The summed E-state index contributed by atoms with van der Waals surface area (Å²) in [6.07, 6.45) is -2.55. The second-order valence-electron chi connectivity index (χ2n) is 2.87. The molecule has 1 N–H and O–H groups in total. The van der Waals surface area contributed by atoms with Gasteiger partial charge in [0.2, 0.25) is 5.60 Å². The summed E-state index contributed by atoms with van der Waals surface area (Å²) in [5.74, 6) is 0. The molecule has 0 radical (unpaired) electrons. The maximum absolute atomic E-state index is 12.2. The molecule has 1 aromatic rings. The summed E-state index contributed by atoms with van der Waals surface area (Å²) in [5.41, 5.74) is -3.36. The summed E-state index contributed by atoms with van der Waals surface area (Å²) in [4.78, 5) is 0. The van der Waals surface area contributed by atoms with Gasteiger partial charge in [0.05, 0.1) is 6.54 Å². The zero-order chi connectivity index (χ0) is 10.8. The molecule has 1 aromatic heterocycles. The lowest BCUT2D eigenvalue weighted by Gasteiger charge is -2.27. The van der Waals surface area contributed by atoms with E-state index in [4.69, 9.17) is 5.11 Å². The Kier molecular flexibility index (Phi) is 2.79. The Balaban J connectivity index is 2.82. The first-order valence-corrected chi connectivity index (χ1v) is 3.71.